The third-order valence-electron chi connectivity index (χ3n) is 1.06. The Bertz CT molecular complexity index is 34.1. The van der Waals surface area contributed by atoms with Crippen molar-refractivity contribution < 1.29 is 24.3 Å². The van der Waals surface area contributed by atoms with Crippen molar-refractivity contribution in [2.75, 3.05) is 0 Å². The SMILES string of the molecule is [CH2-]CCC.[CH2-]CCC.[CH2-]CCC.[O]=[Ta]. The Kier molecular flexibility index (Phi) is 85.3. The molecule has 0 heterocycles. The zero-order chi connectivity index (χ0) is 12.2. The quantitative estimate of drug-likeness (QED) is 0.658. The zero-order valence-corrected chi connectivity index (χ0v) is 13.4. The molecule has 0 fully saturated rings. The second-order valence-corrected chi connectivity index (χ2v) is 2.56. The average molecular weight is 368 g/mol. The third kappa shape index (κ3) is 133. The summed E-state index contributed by atoms with van der Waals surface area (Å²) in [6.07, 6.45) is 6.83. The van der Waals surface area contributed by atoms with E-state index in [0.29, 0.717) is 0 Å². The molecule has 0 aromatic rings. The third-order valence-corrected chi connectivity index (χ3v) is 1.06. The molecule has 0 amide bonds. The summed E-state index contributed by atoms with van der Waals surface area (Å²) in [5.74, 6) is 0. The summed E-state index contributed by atoms with van der Waals surface area (Å²) in [6, 6.07) is 0. The maximum atomic E-state index is 8.36. The van der Waals surface area contributed by atoms with Gasteiger partial charge in [0.25, 0.3) is 0 Å². The predicted molar refractivity (Wildman–Crippen MR) is 61.5 cm³/mol. The summed E-state index contributed by atoms with van der Waals surface area (Å²) in [7, 11) is 0. The standard InChI is InChI=1S/3C4H9.O.Ta/c3*1-3-4-2;;/h3*1,3-4H2,2H3;;/q3*-1;;. The van der Waals surface area contributed by atoms with Gasteiger partial charge in [0.2, 0.25) is 0 Å². The number of hydrogen-bond acceptors (Lipinski definition) is 1. The first-order chi connectivity index (χ1) is 6.74. The normalized spacial score (nSPS) is 6.64. The summed E-state index contributed by atoms with van der Waals surface area (Å²) in [5.41, 5.74) is 0. The van der Waals surface area contributed by atoms with Gasteiger partial charge in [-0.3, -0.25) is 0 Å². The number of unbranched alkanes of at least 4 members (excludes halogenated alkanes) is 3. The Morgan fingerprint density at radius 2 is 0.786 bits per heavy atom. The van der Waals surface area contributed by atoms with E-state index in [9.17, 15) is 0 Å². The van der Waals surface area contributed by atoms with E-state index in [4.69, 9.17) is 3.25 Å². The predicted octanol–water partition coefficient (Wildman–Crippen LogP) is 4.74. The van der Waals surface area contributed by atoms with E-state index in [2.05, 4.69) is 41.5 Å². The van der Waals surface area contributed by atoms with E-state index >= 15 is 0 Å². The van der Waals surface area contributed by atoms with Gasteiger partial charge in [-0.25, -0.2) is 0 Å². The topological polar surface area (TPSA) is 17.1 Å². The van der Waals surface area contributed by atoms with Crippen LogP contribution in [-0.2, 0) is 24.3 Å². The van der Waals surface area contributed by atoms with Crippen LogP contribution >= 0.6 is 0 Å². The van der Waals surface area contributed by atoms with Crippen molar-refractivity contribution in [3.05, 3.63) is 20.8 Å². The fraction of sp³-hybridized carbons (Fsp3) is 0.750. The average Bonchev–Trinajstić information content (AvgIpc) is 2.31. The van der Waals surface area contributed by atoms with Gasteiger partial charge < -0.3 is 20.8 Å². The van der Waals surface area contributed by atoms with Gasteiger partial charge in [0.05, 0.1) is 0 Å². The molecule has 89 valence electrons. The Hall–Kier alpha value is 0.540. The van der Waals surface area contributed by atoms with Crippen LogP contribution in [0.5, 0.6) is 0 Å². The molecule has 2 heteroatoms. The van der Waals surface area contributed by atoms with Crippen LogP contribution in [0.1, 0.15) is 59.3 Å². The Balaban J connectivity index is -0.0000000492. The van der Waals surface area contributed by atoms with Gasteiger partial charge >= 0.3 is 24.3 Å². The number of rotatable bonds is 3. The van der Waals surface area contributed by atoms with Crippen molar-refractivity contribution in [3.63, 3.8) is 0 Å². The Morgan fingerprint density at radius 3 is 0.786 bits per heavy atom. The van der Waals surface area contributed by atoms with Crippen molar-refractivity contribution in [1.29, 1.82) is 0 Å². The van der Waals surface area contributed by atoms with Crippen molar-refractivity contribution in [3.8, 4) is 0 Å². The molecular formula is C12H27OTa-3. The van der Waals surface area contributed by atoms with Gasteiger partial charge in [0.15, 0.2) is 0 Å². The van der Waals surface area contributed by atoms with E-state index in [1.165, 1.54) is 19.3 Å². The summed E-state index contributed by atoms with van der Waals surface area (Å²) in [6.45, 7) is 17.2. The monoisotopic (exact) mass is 368 g/mol. The molecule has 0 radical (unpaired) electrons. The van der Waals surface area contributed by atoms with E-state index < -0.39 is 0 Å². The van der Waals surface area contributed by atoms with Crippen molar-refractivity contribution in [2.24, 2.45) is 0 Å². The summed E-state index contributed by atoms with van der Waals surface area (Å²) in [4.78, 5) is 0. The van der Waals surface area contributed by atoms with Crippen LogP contribution < -0.4 is 0 Å². The molecule has 0 aliphatic heterocycles. The van der Waals surface area contributed by atoms with E-state index in [1.54, 1.807) is 0 Å². The molecule has 0 rings (SSSR count). The van der Waals surface area contributed by atoms with Gasteiger partial charge in [-0.2, -0.15) is 19.3 Å². The second-order valence-electron chi connectivity index (χ2n) is 2.56. The van der Waals surface area contributed by atoms with Crippen LogP contribution in [0.25, 0.3) is 0 Å². The first-order valence-corrected chi connectivity index (χ1v) is 6.62. The van der Waals surface area contributed by atoms with Crippen LogP contribution in [-0.4, -0.2) is 0 Å². The van der Waals surface area contributed by atoms with Gasteiger partial charge in [-0.1, -0.05) is 40.0 Å². The molecule has 0 N–H and O–H groups in total. The molecule has 0 unspecified atom stereocenters. The van der Waals surface area contributed by atoms with Crippen LogP contribution in [0.15, 0.2) is 0 Å². The molecule has 0 aromatic heterocycles. The fourth-order valence-electron chi connectivity index (χ4n) is 0. The molecule has 0 aromatic carbocycles. The molecule has 14 heavy (non-hydrogen) atoms. The fourth-order valence-corrected chi connectivity index (χ4v) is 0. The minimum absolute atomic E-state index is 0.194. The molecule has 0 saturated heterocycles. The van der Waals surface area contributed by atoms with Crippen molar-refractivity contribution >= 4 is 0 Å². The molecule has 0 aliphatic carbocycles. The molecule has 1 nitrogen and oxygen atoms in total. The second kappa shape index (κ2) is 49.8. The van der Waals surface area contributed by atoms with Gasteiger partial charge in [0.1, 0.15) is 0 Å². The van der Waals surface area contributed by atoms with Crippen molar-refractivity contribution in [1.82, 2.24) is 0 Å². The summed E-state index contributed by atoms with van der Waals surface area (Å²) < 4.78 is 8.36. The first-order valence-electron chi connectivity index (χ1n) is 5.30. The van der Waals surface area contributed by atoms with Crippen LogP contribution in [0.4, 0.5) is 0 Å². The molecular weight excluding hydrogens is 341 g/mol. The van der Waals surface area contributed by atoms with Crippen LogP contribution in [0.2, 0.25) is 0 Å². The van der Waals surface area contributed by atoms with Gasteiger partial charge in [0, 0.05) is 0 Å². The molecule has 0 aliphatic rings. The maximum absolute atomic E-state index is 8.36. The summed E-state index contributed by atoms with van der Waals surface area (Å²) >= 11 is 0.194. The van der Waals surface area contributed by atoms with Crippen LogP contribution in [0, 0.1) is 20.8 Å². The van der Waals surface area contributed by atoms with E-state index in [-0.39, 0.29) is 21.0 Å². The Morgan fingerprint density at radius 1 is 0.714 bits per heavy atom. The minimum atomic E-state index is 0.194. The van der Waals surface area contributed by atoms with Crippen molar-refractivity contribution in [2.45, 2.75) is 59.3 Å². The Labute approximate surface area is 104 Å². The number of hydrogen-bond donors (Lipinski definition) is 0. The summed E-state index contributed by atoms with van der Waals surface area (Å²) in [5, 5.41) is 0. The first kappa shape index (κ1) is 24.0. The van der Waals surface area contributed by atoms with Gasteiger partial charge in [-0.05, 0) is 0 Å². The molecule has 0 spiro atoms. The zero-order valence-electron chi connectivity index (χ0n) is 10.2. The van der Waals surface area contributed by atoms with Gasteiger partial charge in [-0.15, -0.1) is 0 Å². The molecule has 0 bridgehead atoms. The van der Waals surface area contributed by atoms with E-state index in [0.717, 1.165) is 19.3 Å². The molecule has 0 saturated carbocycles. The van der Waals surface area contributed by atoms with E-state index in [1.807, 2.05) is 0 Å². The van der Waals surface area contributed by atoms with Crippen LogP contribution in [0.3, 0.4) is 0 Å². The molecule has 0 atom stereocenters.